The predicted molar refractivity (Wildman–Crippen MR) is 142 cm³/mol. The standard InChI is InChI=1S/C26H38N6O3S/c1-6-25(33)29-11-8-20(17-29)32-24-13-21(36(34,35)28-26(5)9-10-26)12-23(22(24)14-27-32)30-15-18(3)31(7-2)19(4)16-30/h6,12-14,18-20,28H,1,7-11,15-17H2,2-5H3/t18-,19+,20?. The van der Waals surface area contributed by atoms with Gasteiger partial charge in [0.15, 0.2) is 0 Å². The average Bonchev–Trinajstić information content (AvgIpc) is 3.22. The largest absolute Gasteiger partial charge is 0.368 e. The maximum Gasteiger partial charge on any atom is 0.246 e. The van der Waals surface area contributed by atoms with Gasteiger partial charge in [0.05, 0.1) is 22.7 Å². The highest BCUT2D eigenvalue weighted by Crippen LogP contribution is 2.39. The number of fused-ring (bicyclic) bond motifs is 1. The van der Waals surface area contributed by atoms with Crippen LogP contribution in [0.1, 0.15) is 53.0 Å². The van der Waals surface area contributed by atoms with Gasteiger partial charge in [-0.1, -0.05) is 13.5 Å². The zero-order valence-electron chi connectivity index (χ0n) is 21.8. The highest BCUT2D eigenvalue weighted by atomic mass is 32.2. The molecule has 9 nitrogen and oxygen atoms in total. The first-order chi connectivity index (χ1) is 17.0. The van der Waals surface area contributed by atoms with Gasteiger partial charge in [-0.15, -0.1) is 0 Å². The van der Waals surface area contributed by atoms with E-state index >= 15 is 0 Å². The van der Waals surface area contributed by atoms with Gasteiger partial charge in [0.2, 0.25) is 15.9 Å². The van der Waals surface area contributed by atoms with Crippen LogP contribution >= 0.6 is 0 Å². The summed E-state index contributed by atoms with van der Waals surface area (Å²) in [5, 5.41) is 5.68. The van der Waals surface area contributed by atoms with Crippen LogP contribution in [0, 0.1) is 0 Å². The summed E-state index contributed by atoms with van der Waals surface area (Å²) in [6.45, 7) is 16.0. The van der Waals surface area contributed by atoms with Crippen molar-refractivity contribution in [2.75, 3.05) is 37.6 Å². The van der Waals surface area contributed by atoms with Crippen LogP contribution in [-0.2, 0) is 14.8 Å². The summed E-state index contributed by atoms with van der Waals surface area (Å²) in [6, 6.07) is 4.27. The summed E-state index contributed by atoms with van der Waals surface area (Å²) in [4.78, 5) is 19.0. The molecule has 1 N–H and O–H groups in total. The number of carbonyl (C=O) groups is 1. The Balaban J connectivity index is 1.58. The quantitative estimate of drug-likeness (QED) is 0.572. The number of carbonyl (C=O) groups excluding carboxylic acids is 1. The minimum atomic E-state index is -3.70. The molecule has 3 atom stereocenters. The van der Waals surface area contributed by atoms with Crippen molar-refractivity contribution in [2.45, 2.75) is 75.5 Å². The molecule has 196 valence electrons. The predicted octanol–water partition coefficient (Wildman–Crippen LogP) is 2.75. The van der Waals surface area contributed by atoms with E-state index in [1.54, 1.807) is 11.0 Å². The molecule has 1 unspecified atom stereocenters. The molecule has 1 amide bonds. The molecule has 0 bridgehead atoms. The average molecular weight is 515 g/mol. The minimum Gasteiger partial charge on any atom is -0.368 e. The Labute approximate surface area is 214 Å². The van der Waals surface area contributed by atoms with Crippen LogP contribution in [-0.4, -0.2) is 84.3 Å². The number of aromatic nitrogens is 2. The van der Waals surface area contributed by atoms with E-state index in [0.717, 1.165) is 55.5 Å². The fourth-order valence-electron chi connectivity index (χ4n) is 5.93. The molecular weight excluding hydrogens is 476 g/mol. The fourth-order valence-corrected chi connectivity index (χ4v) is 7.43. The van der Waals surface area contributed by atoms with Crippen molar-refractivity contribution < 1.29 is 13.2 Å². The zero-order chi connectivity index (χ0) is 25.8. The second-order valence-electron chi connectivity index (χ2n) is 11.0. The topological polar surface area (TPSA) is 90.8 Å². The van der Waals surface area contributed by atoms with Crippen LogP contribution in [0.25, 0.3) is 10.9 Å². The van der Waals surface area contributed by atoms with Crippen molar-refractivity contribution in [2.24, 2.45) is 0 Å². The lowest BCUT2D eigenvalue weighted by Crippen LogP contribution is -2.56. The summed E-state index contributed by atoms with van der Waals surface area (Å²) in [7, 11) is -3.70. The lowest BCUT2D eigenvalue weighted by atomic mass is 10.1. The first-order valence-electron chi connectivity index (χ1n) is 13.0. The normalized spacial score (nSPS) is 26.5. The number of rotatable bonds is 7. The highest BCUT2D eigenvalue weighted by Gasteiger charge is 2.42. The van der Waals surface area contributed by atoms with Crippen molar-refractivity contribution >= 4 is 32.5 Å². The highest BCUT2D eigenvalue weighted by molar-refractivity contribution is 7.89. The molecule has 0 spiro atoms. The molecule has 3 aliphatic rings. The van der Waals surface area contributed by atoms with Crippen molar-refractivity contribution in [3.63, 3.8) is 0 Å². The lowest BCUT2D eigenvalue weighted by Gasteiger charge is -2.45. The van der Waals surface area contributed by atoms with Crippen LogP contribution in [0.15, 0.2) is 35.9 Å². The molecule has 36 heavy (non-hydrogen) atoms. The Morgan fingerprint density at radius 3 is 2.53 bits per heavy atom. The number of piperazine rings is 1. The van der Waals surface area contributed by atoms with Crippen molar-refractivity contribution in [1.29, 1.82) is 0 Å². The van der Waals surface area contributed by atoms with Crippen LogP contribution in [0.2, 0.25) is 0 Å². The van der Waals surface area contributed by atoms with Crippen molar-refractivity contribution in [3.8, 4) is 0 Å². The number of nitrogens with zero attached hydrogens (tertiary/aromatic N) is 5. The Morgan fingerprint density at radius 2 is 1.92 bits per heavy atom. The molecule has 2 aromatic rings. The molecule has 1 saturated carbocycles. The molecular formula is C26H38N6O3S. The number of anilines is 1. The van der Waals surface area contributed by atoms with E-state index in [0.29, 0.717) is 25.2 Å². The van der Waals surface area contributed by atoms with Gasteiger partial charge in [-0.3, -0.25) is 14.4 Å². The molecule has 1 aromatic heterocycles. The van der Waals surface area contributed by atoms with Gasteiger partial charge >= 0.3 is 0 Å². The summed E-state index contributed by atoms with van der Waals surface area (Å²) in [5.74, 6) is -0.0865. The molecule has 10 heteroatoms. The summed E-state index contributed by atoms with van der Waals surface area (Å²) in [6.07, 6.45) is 5.66. The Hall–Kier alpha value is -2.43. The SMILES string of the molecule is C=CC(=O)N1CCC(n2ncc3c(N4C[C@@H](C)N(CC)[C@@H](C)C4)cc(S(=O)(=O)NC4(C)CC4)cc32)C1. The van der Waals surface area contributed by atoms with Gasteiger partial charge in [0.25, 0.3) is 0 Å². The van der Waals surface area contributed by atoms with Crippen LogP contribution in [0.3, 0.4) is 0 Å². The van der Waals surface area contributed by atoms with E-state index in [4.69, 9.17) is 5.10 Å². The summed E-state index contributed by atoms with van der Waals surface area (Å²) < 4.78 is 31.8. The molecule has 5 rings (SSSR count). The smallest absolute Gasteiger partial charge is 0.246 e. The van der Waals surface area contributed by atoms with Crippen LogP contribution in [0.5, 0.6) is 0 Å². The monoisotopic (exact) mass is 514 g/mol. The molecule has 0 radical (unpaired) electrons. The van der Waals surface area contributed by atoms with Gasteiger partial charge < -0.3 is 9.80 Å². The Bertz CT molecular complexity index is 1270. The number of likely N-dealkylation sites (N-methyl/N-ethyl adjacent to an activating group) is 1. The molecule has 1 aliphatic carbocycles. The Kier molecular flexibility index (Phi) is 6.41. The third-order valence-corrected chi connectivity index (χ3v) is 9.78. The first kappa shape index (κ1) is 25.2. The maximum absolute atomic E-state index is 13.5. The first-order valence-corrected chi connectivity index (χ1v) is 14.5. The molecule has 3 heterocycles. The van der Waals surface area contributed by atoms with Gasteiger partial charge in [-0.25, -0.2) is 13.1 Å². The van der Waals surface area contributed by atoms with Gasteiger partial charge in [0.1, 0.15) is 0 Å². The van der Waals surface area contributed by atoms with Crippen LogP contribution in [0.4, 0.5) is 5.69 Å². The van der Waals surface area contributed by atoms with Crippen molar-refractivity contribution in [1.82, 2.24) is 24.3 Å². The maximum atomic E-state index is 13.5. The van der Waals surface area contributed by atoms with Gasteiger partial charge in [0, 0.05) is 54.9 Å². The number of nitrogens with one attached hydrogen (secondary N) is 1. The number of hydrogen-bond donors (Lipinski definition) is 1. The van der Waals surface area contributed by atoms with Gasteiger partial charge in [-0.2, -0.15) is 5.10 Å². The number of hydrogen-bond acceptors (Lipinski definition) is 6. The molecule has 3 fully saturated rings. The lowest BCUT2D eigenvalue weighted by molar-refractivity contribution is -0.125. The minimum absolute atomic E-state index is 0.0131. The Morgan fingerprint density at radius 1 is 1.22 bits per heavy atom. The number of likely N-dealkylation sites (tertiary alicyclic amines) is 1. The zero-order valence-corrected chi connectivity index (χ0v) is 22.6. The third-order valence-electron chi connectivity index (χ3n) is 8.16. The number of sulfonamides is 1. The second-order valence-corrected chi connectivity index (χ2v) is 12.7. The van der Waals surface area contributed by atoms with E-state index in [-0.39, 0.29) is 22.4 Å². The molecule has 1 aromatic carbocycles. The van der Waals surface area contributed by atoms with E-state index in [2.05, 4.69) is 41.9 Å². The van der Waals surface area contributed by atoms with E-state index in [1.807, 2.05) is 23.9 Å². The summed E-state index contributed by atoms with van der Waals surface area (Å²) in [5.41, 5.74) is 1.34. The molecule has 2 aliphatic heterocycles. The number of amides is 1. The van der Waals surface area contributed by atoms with E-state index in [9.17, 15) is 13.2 Å². The molecule has 2 saturated heterocycles. The van der Waals surface area contributed by atoms with E-state index in [1.165, 1.54) is 6.08 Å². The number of benzene rings is 1. The van der Waals surface area contributed by atoms with Crippen LogP contribution < -0.4 is 9.62 Å². The summed E-state index contributed by atoms with van der Waals surface area (Å²) >= 11 is 0. The third kappa shape index (κ3) is 4.54. The van der Waals surface area contributed by atoms with Crippen molar-refractivity contribution in [3.05, 3.63) is 31.0 Å². The van der Waals surface area contributed by atoms with Gasteiger partial charge in [-0.05, 0) is 64.8 Å². The second kappa shape index (κ2) is 9.15. The van der Waals surface area contributed by atoms with E-state index < -0.39 is 10.0 Å². The fraction of sp³-hybridized carbons (Fsp3) is 0.615.